The third-order valence-corrected chi connectivity index (χ3v) is 5.23. The Kier molecular flexibility index (Phi) is 3.97. The van der Waals surface area contributed by atoms with Gasteiger partial charge in [0.25, 0.3) is 0 Å². The van der Waals surface area contributed by atoms with Gasteiger partial charge in [-0.25, -0.2) is 15.0 Å². The lowest BCUT2D eigenvalue weighted by Gasteiger charge is -2.13. The summed E-state index contributed by atoms with van der Waals surface area (Å²) in [5, 5.41) is 9.68. The molecule has 1 amide bonds. The number of aromatic nitrogens is 4. The van der Waals surface area contributed by atoms with E-state index in [1.54, 1.807) is 6.20 Å². The number of carbonyl (C=O) groups is 1. The maximum atomic E-state index is 12.4. The van der Waals surface area contributed by atoms with Crippen LogP contribution in [0.3, 0.4) is 0 Å². The average molecular weight is 363 g/mol. The summed E-state index contributed by atoms with van der Waals surface area (Å²) in [6, 6.07) is 7.96. The smallest absolute Gasteiger partial charge is 0.237 e. The lowest BCUT2D eigenvalue weighted by molar-refractivity contribution is -0.122. The molecule has 1 aromatic carbocycles. The molecule has 1 fully saturated rings. The minimum absolute atomic E-state index is 0.0556. The number of rotatable bonds is 0. The highest BCUT2D eigenvalue weighted by Crippen LogP contribution is 2.28. The summed E-state index contributed by atoms with van der Waals surface area (Å²) in [6.45, 7) is 2.14. The zero-order valence-corrected chi connectivity index (χ0v) is 14.9. The van der Waals surface area contributed by atoms with Crippen molar-refractivity contribution in [2.75, 3.05) is 18.4 Å². The van der Waals surface area contributed by atoms with Gasteiger partial charge in [0.15, 0.2) is 0 Å². The van der Waals surface area contributed by atoms with Crippen LogP contribution >= 0.6 is 0 Å². The second-order valence-corrected chi connectivity index (χ2v) is 7.06. The number of aryl methyl sites for hydroxylation is 1. The number of carbonyl (C=O) groups excluding carboxylic acids is 1. The number of anilines is 1. The van der Waals surface area contributed by atoms with E-state index in [4.69, 9.17) is 4.98 Å². The van der Waals surface area contributed by atoms with Crippen LogP contribution in [0.15, 0.2) is 36.8 Å². The quantitative estimate of drug-likeness (QED) is 0.555. The Balaban J connectivity index is 1.59. The fourth-order valence-corrected chi connectivity index (χ4v) is 3.89. The van der Waals surface area contributed by atoms with Crippen LogP contribution in [0.4, 0.5) is 5.95 Å². The molecule has 0 spiro atoms. The fourth-order valence-electron chi connectivity index (χ4n) is 3.89. The van der Waals surface area contributed by atoms with Crippen molar-refractivity contribution in [3.05, 3.63) is 36.8 Å². The van der Waals surface area contributed by atoms with Gasteiger partial charge in [0.1, 0.15) is 0 Å². The molecule has 2 unspecified atom stereocenters. The number of hydrogen-bond donors (Lipinski definition) is 3. The van der Waals surface area contributed by atoms with Gasteiger partial charge in [0, 0.05) is 37.4 Å². The van der Waals surface area contributed by atoms with Crippen LogP contribution in [-0.2, 0) is 11.3 Å². The number of amides is 1. The van der Waals surface area contributed by atoms with E-state index < -0.39 is 0 Å². The summed E-state index contributed by atoms with van der Waals surface area (Å²) in [5.74, 6) is 0.637. The molecule has 2 aliphatic heterocycles. The molecule has 8 nitrogen and oxygen atoms in total. The maximum Gasteiger partial charge on any atom is 0.237 e. The minimum atomic E-state index is -0.173. The average Bonchev–Trinajstić information content (AvgIpc) is 3.32. The number of imidazole rings is 1. The predicted octanol–water partition coefficient (Wildman–Crippen LogP) is 1.16. The molecule has 0 aliphatic carbocycles. The molecule has 0 saturated carbocycles. The zero-order chi connectivity index (χ0) is 18.2. The monoisotopic (exact) mass is 363 g/mol. The molecule has 0 radical (unpaired) electrons. The normalized spacial score (nSPS) is 22.6. The van der Waals surface area contributed by atoms with Gasteiger partial charge in [-0.3, -0.25) is 4.79 Å². The highest BCUT2D eigenvalue weighted by Gasteiger charge is 2.29. The first kappa shape index (κ1) is 16.2. The number of nitrogens with one attached hydrogen (secondary N) is 3. The van der Waals surface area contributed by atoms with Gasteiger partial charge in [-0.2, -0.15) is 0 Å². The van der Waals surface area contributed by atoms with Gasteiger partial charge < -0.3 is 20.5 Å². The lowest BCUT2D eigenvalue weighted by Crippen LogP contribution is -2.40. The van der Waals surface area contributed by atoms with Gasteiger partial charge in [-0.05, 0) is 25.0 Å². The number of para-hydroxylation sites is 1. The Morgan fingerprint density at radius 3 is 3.11 bits per heavy atom. The first-order chi connectivity index (χ1) is 13.3. The molecule has 3 N–H and O–H groups in total. The third-order valence-electron chi connectivity index (χ3n) is 5.23. The molecule has 4 bridgehead atoms. The standard InChI is InChI=1S/C19H21N7O/c27-18-16-9-12(10-22-16)24-19-21-7-5-14(25-19)13-3-1-4-15-17(13)26(11-23-15)8-2-6-20-18/h1,3-5,7,11-12,16,22H,2,6,8-10H2,(H,20,27)(H,21,24,25). The topological polar surface area (TPSA) is 96.8 Å². The molecule has 1 saturated heterocycles. The van der Waals surface area contributed by atoms with Crippen molar-refractivity contribution >= 4 is 22.9 Å². The van der Waals surface area contributed by atoms with E-state index in [-0.39, 0.29) is 18.0 Å². The van der Waals surface area contributed by atoms with Gasteiger partial charge in [0.05, 0.1) is 29.1 Å². The van der Waals surface area contributed by atoms with Crippen molar-refractivity contribution in [1.29, 1.82) is 0 Å². The molecule has 5 rings (SSSR count). The fraction of sp³-hybridized carbons (Fsp3) is 0.368. The Morgan fingerprint density at radius 1 is 1.19 bits per heavy atom. The van der Waals surface area contributed by atoms with Crippen molar-refractivity contribution < 1.29 is 4.79 Å². The van der Waals surface area contributed by atoms with Crippen LogP contribution < -0.4 is 16.0 Å². The van der Waals surface area contributed by atoms with Crippen LogP contribution in [0, 0.1) is 0 Å². The number of hydrogen-bond acceptors (Lipinski definition) is 6. The van der Waals surface area contributed by atoms with E-state index in [9.17, 15) is 4.79 Å². The molecular formula is C19H21N7O. The van der Waals surface area contributed by atoms with Crippen LogP contribution in [0.2, 0.25) is 0 Å². The summed E-state index contributed by atoms with van der Waals surface area (Å²) in [7, 11) is 0. The molecule has 2 atom stereocenters. The highest BCUT2D eigenvalue weighted by atomic mass is 16.2. The highest BCUT2D eigenvalue weighted by molar-refractivity contribution is 5.91. The third kappa shape index (κ3) is 3.02. The van der Waals surface area contributed by atoms with Crippen LogP contribution in [0.5, 0.6) is 0 Å². The summed E-state index contributed by atoms with van der Waals surface area (Å²) in [6.07, 6.45) is 5.20. The number of benzene rings is 1. The molecule has 4 heterocycles. The van der Waals surface area contributed by atoms with E-state index >= 15 is 0 Å². The Hall–Kier alpha value is -3.00. The van der Waals surface area contributed by atoms with Crippen molar-refractivity contribution in [2.45, 2.75) is 31.5 Å². The van der Waals surface area contributed by atoms with Crippen molar-refractivity contribution in [3.63, 3.8) is 0 Å². The number of fused-ring (bicyclic) bond motifs is 5. The van der Waals surface area contributed by atoms with E-state index in [0.717, 1.165) is 41.7 Å². The zero-order valence-electron chi connectivity index (χ0n) is 14.9. The van der Waals surface area contributed by atoms with E-state index in [1.165, 1.54) is 0 Å². The molecular weight excluding hydrogens is 342 g/mol. The van der Waals surface area contributed by atoms with Gasteiger partial charge >= 0.3 is 0 Å². The van der Waals surface area contributed by atoms with E-state index in [1.807, 2.05) is 24.5 Å². The lowest BCUT2D eigenvalue weighted by atomic mass is 10.1. The first-order valence-corrected chi connectivity index (χ1v) is 9.33. The van der Waals surface area contributed by atoms with E-state index in [0.29, 0.717) is 19.0 Å². The SMILES string of the molecule is O=C1NCCCn2cnc3cccc(c32)-c2ccnc(n2)NC2CNC1C2. The van der Waals surface area contributed by atoms with Gasteiger partial charge in [0.2, 0.25) is 11.9 Å². The van der Waals surface area contributed by atoms with Crippen molar-refractivity contribution in [1.82, 2.24) is 30.2 Å². The second-order valence-electron chi connectivity index (χ2n) is 7.06. The predicted molar refractivity (Wildman–Crippen MR) is 102 cm³/mol. The van der Waals surface area contributed by atoms with Crippen LogP contribution in [0.1, 0.15) is 12.8 Å². The maximum absolute atomic E-state index is 12.4. The van der Waals surface area contributed by atoms with Crippen LogP contribution in [-0.4, -0.2) is 50.6 Å². The molecule has 3 aromatic rings. The molecule has 138 valence electrons. The Labute approximate surface area is 156 Å². The Bertz CT molecular complexity index is 999. The summed E-state index contributed by atoms with van der Waals surface area (Å²) >= 11 is 0. The summed E-state index contributed by atoms with van der Waals surface area (Å²) < 4.78 is 2.13. The summed E-state index contributed by atoms with van der Waals surface area (Å²) in [5.41, 5.74) is 3.91. The van der Waals surface area contributed by atoms with Crippen LogP contribution in [0.25, 0.3) is 22.3 Å². The van der Waals surface area contributed by atoms with Crippen molar-refractivity contribution in [3.8, 4) is 11.3 Å². The van der Waals surface area contributed by atoms with Gasteiger partial charge in [-0.1, -0.05) is 12.1 Å². The van der Waals surface area contributed by atoms with Crippen molar-refractivity contribution in [2.24, 2.45) is 0 Å². The largest absolute Gasteiger partial charge is 0.355 e. The second kappa shape index (κ2) is 6.62. The molecule has 2 aliphatic rings. The molecule has 2 aromatic heterocycles. The van der Waals surface area contributed by atoms with Gasteiger partial charge in [-0.15, -0.1) is 0 Å². The minimum Gasteiger partial charge on any atom is -0.355 e. The Morgan fingerprint density at radius 2 is 2.15 bits per heavy atom. The van der Waals surface area contributed by atoms with E-state index in [2.05, 4.69) is 36.6 Å². The molecule has 27 heavy (non-hydrogen) atoms. The molecule has 8 heteroatoms. The summed E-state index contributed by atoms with van der Waals surface area (Å²) in [4.78, 5) is 26.0. The first-order valence-electron chi connectivity index (χ1n) is 9.33. The number of nitrogens with zero attached hydrogens (tertiary/aromatic N) is 4.